The van der Waals surface area contributed by atoms with Crippen LogP contribution in [0.1, 0.15) is 32.8 Å². The number of esters is 1. The van der Waals surface area contributed by atoms with Crippen molar-refractivity contribution < 1.29 is 22.7 Å². The van der Waals surface area contributed by atoms with E-state index in [0.29, 0.717) is 10.6 Å². The highest BCUT2D eigenvalue weighted by Gasteiger charge is 2.30. The predicted molar refractivity (Wildman–Crippen MR) is 72.6 cm³/mol. The third kappa shape index (κ3) is 6.32. The molecule has 0 aliphatic heterocycles. The normalized spacial score (nSPS) is 12.3. The van der Waals surface area contributed by atoms with E-state index in [1.54, 1.807) is 26.8 Å². The van der Waals surface area contributed by atoms with Crippen LogP contribution in [0.2, 0.25) is 0 Å². The molecular weight excluding hydrogens is 289 g/mol. The lowest BCUT2D eigenvalue weighted by atomic mass is 10.2. The minimum atomic E-state index is -4.35. The van der Waals surface area contributed by atoms with Crippen LogP contribution < -0.4 is 0 Å². The molecule has 6 heteroatoms. The van der Waals surface area contributed by atoms with Gasteiger partial charge < -0.3 is 4.74 Å². The van der Waals surface area contributed by atoms with Crippen LogP contribution in [-0.2, 0) is 15.7 Å². The fourth-order valence-electron chi connectivity index (χ4n) is 1.41. The van der Waals surface area contributed by atoms with Gasteiger partial charge in [0, 0.05) is 10.6 Å². The van der Waals surface area contributed by atoms with E-state index >= 15 is 0 Å². The topological polar surface area (TPSA) is 26.3 Å². The van der Waals surface area contributed by atoms with Crippen molar-refractivity contribution in [2.75, 3.05) is 5.75 Å². The van der Waals surface area contributed by atoms with Gasteiger partial charge in [-0.1, -0.05) is 6.07 Å². The van der Waals surface area contributed by atoms with Crippen molar-refractivity contribution in [3.05, 3.63) is 29.8 Å². The summed E-state index contributed by atoms with van der Waals surface area (Å²) in [5.41, 5.74) is -1.22. The van der Waals surface area contributed by atoms with Crippen LogP contribution >= 0.6 is 11.8 Å². The monoisotopic (exact) mass is 306 g/mol. The number of alkyl halides is 3. The lowest BCUT2D eigenvalue weighted by Crippen LogP contribution is -2.23. The van der Waals surface area contributed by atoms with Crippen LogP contribution in [-0.4, -0.2) is 17.3 Å². The molecule has 0 N–H and O–H groups in total. The van der Waals surface area contributed by atoms with Gasteiger partial charge in [0.25, 0.3) is 0 Å². The molecule has 0 unspecified atom stereocenters. The highest BCUT2D eigenvalue weighted by Crippen LogP contribution is 2.32. The van der Waals surface area contributed by atoms with Gasteiger partial charge in [0.15, 0.2) is 0 Å². The average Bonchev–Trinajstić information content (AvgIpc) is 2.25. The molecule has 20 heavy (non-hydrogen) atoms. The Morgan fingerprint density at radius 2 is 1.90 bits per heavy atom. The fraction of sp³-hybridized carbons (Fsp3) is 0.500. The molecule has 112 valence electrons. The molecule has 0 atom stereocenters. The zero-order valence-corrected chi connectivity index (χ0v) is 12.4. The summed E-state index contributed by atoms with van der Waals surface area (Å²) >= 11 is 1.20. The van der Waals surface area contributed by atoms with Crippen molar-refractivity contribution in [1.82, 2.24) is 0 Å². The molecule has 0 bridgehead atoms. The van der Waals surface area contributed by atoms with Crippen molar-refractivity contribution in [1.29, 1.82) is 0 Å². The van der Waals surface area contributed by atoms with Gasteiger partial charge in [-0.25, -0.2) is 0 Å². The Kier molecular flexibility index (Phi) is 5.50. The molecule has 0 spiro atoms. The first-order chi connectivity index (χ1) is 9.08. The van der Waals surface area contributed by atoms with E-state index in [9.17, 15) is 18.0 Å². The molecule has 0 aliphatic carbocycles. The number of hydrogen-bond donors (Lipinski definition) is 0. The Morgan fingerprint density at radius 3 is 2.45 bits per heavy atom. The SMILES string of the molecule is CC(C)(C)OC(=O)CCSc1cccc(C(F)(F)F)c1. The van der Waals surface area contributed by atoms with E-state index in [1.165, 1.54) is 17.8 Å². The smallest absolute Gasteiger partial charge is 0.416 e. The number of ether oxygens (including phenoxy) is 1. The minimum absolute atomic E-state index is 0.165. The van der Waals surface area contributed by atoms with Gasteiger partial charge in [0.1, 0.15) is 5.60 Å². The third-order valence-electron chi connectivity index (χ3n) is 2.16. The van der Waals surface area contributed by atoms with Gasteiger partial charge in [0.2, 0.25) is 0 Å². The molecule has 1 aromatic carbocycles. The summed E-state index contributed by atoms with van der Waals surface area (Å²) in [6.45, 7) is 5.31. The average molecular weight is 306 g/mol. The van der Waals surface area contributed by atoms with Crippen molar-refractivity contribution >= 4 is 17.7 Å². The molecule has 0 fully saturated rings. The molecule has 0 radical (unpaired) electrons. The Hall–Kier alpha value is -1.17. The maximum atomic E-state index is 12.5. The van der Waals surface area contributed by atoms with Gasteiger partial charge in [-0.3, -0.25) is 4.79 Å². The predicted octanol–water partition coefficient (Wildman–Crippen LogP) is 4.53. The number of benzene rings is 1. The third-order valence-corrected chi connectivity index (χ3v) is 3.15. The largest absolute Gasteiger partial charge is 0.460 e. The van der Waals surface area contributed by atoms with Crippen LogP contribution in [0.5, 0.6) is 0 Å². The number of rotatable bonds is 4. The van der Waals surface area contributed by atoms with Crippen LogP contribution in [0, 0.1) is 0 Å². The zero-order valence-electron chi connectivity index (χ0n) is 11.6. The van der Waals surface area contributed by atoms with E-state index in [4.69, 9.17) is 4.74 Å². The van der Waals surface area contributed by atoms with Crippen LogP contribution in [0.3, 0.4) is 0 Å². The Labute approximate surface area is 120 Å². The standard InChI is InChI=1S/C14H17F3O2S/c1-13(2,3)19-12(18)7-8-20-11-6-4-5-10(9-11)14(15,16)17/h4-6,9H,7-8H2,1-3H3. The number of carbonyl (C=O) groups is 1. The van der Waals surface area contributed by atoms with E-state index in [0.717, 1.165) is 12.1 Å². The van der Waals surface area contributed by atoms with Crippen LogP contribution in [0.25, 0.3) is 0 Å². The second kappa shape index (κ2) is 6.52. The van der Waals surface area contributed by atoms with Gasteiger partial charge in [-0.15, -0.1) is 11.8 Å². The van der Waals surface area contributed by atoms with Crippen molar-refractivity contribution in [2.24, 2.45) is 0 Å². The highest BCUT2D eigenvalue weighted by molar-refractivity contribution is 7.99. The number of carbonyl (C=O) groups excluding carboxylic acids is 1. The molecule has 0 saturated heterocycles. The summed E-state index contributed by atoms with van der Waals surface area (Å²) in [5.74, 6) is 0.0351. The van der Waals surface area contributed by atoms with E-state index in [2.05, 4.69) is 0 Å². The molecule has 0 amide bonds. The lowest BCUT2D eigenvalue weighted by molar-refractivity contribution is -0.154. The molecule has 1 rings (SSSR count). The number of thioether (sulfide) groups is 1. The number of hydrogen-bond acceptors (Lipinski definition) is 3. The van der Waals surface area contributed by atoms with Gasteiger partial charge in [0.05, 0.1) is 12.0 Å². The fourth-order valence-corrected chi connectivity index (χ4v) is 2.30. The summed E-state index contributed by atoms with van der Waals surface area (Å²) in [4.78, 5) is 11.9. The van der Waals surface area contributed by atoms with Crippen molar-refractivity contribution in [3.63, 3.8) is 0 Å². The van der Waals surface area contributed by atoms with Crippen LogP contribution in [0.4, 0.5) is 13.2 Å². The Bertz CT molecular complexity index is 464. The second-order valence-corrected chi connectivity index (χ2v) is 6.38. The second-order valence-electron chi connectivity index (χ2n) is 5.21. The van der Waals surface area contributed by atoms with Crippen LogP contribution in [0.15, 0.2) is 29.2 Å². The van der Waals surface area contributed by atoms with Crippen molar-refractivity contribution in [3.8, 4) is 0 Å². The number of halogens is 3. The maximum absolute atomic E-state index is 12.5. The summed E-state index contributed by atoms with van der Waals surface area (Å²) in [6.07, 6.45) is -4.18. The molecule has 1 aromatic rings. The summed E-state index contributed by atoms with van der Waals surface area (Å²) in [7, 11) is 0. The molecule has 0 heterocycles. The zero-order chi connectivity index (χ0) is 15.4. The molecule has 0 saturated carbocycles. The highest BCUT2D eigenvalue weighted by atomic mass is 32.2. The van der Waals surface area contributed by atoms with E-state index < -0.39 is 17.3 Å². The molecule has 0 aromatic heterocycles. The first kappa shape index (κ1) is 16.9. The maximum Gasteiger partial charge on any atom is 0.416 e. The Balaban J connectivity index is 2.49. The van der Waals surface area contributed by atoms with E-state index in [1.807, 2.05) is 0 Å². The summed E-state index contributed by atoms with van der Waals surface area (Å²) < 4.78 is 42.7. The first-order valence-corrected chi connectivity index (χ1v) is 7.08. The van der Waals surface area contributed by atoms with Gasteiger partial charge in [-0.05, 0) is 39.0 Å². The Morgan fingerprint density at radius 1 is 1.25 bits per heavy atom. The van der Waals surface area contributed by atoms with Gasteiger partial charge >= 0.3 is 12.1 Å². The molecular formula is C14H17F3O2S. The summed E-state index contributed by atoms with van der Waals surface area (Å²) in [6, 6.07) is 5.06. The quantitative estimate of drug-likeness (QED) is 0.604. The first-order valence-electron chi connectivity index (χ1n) is 6.10. The minimum Gasteiger partial charge on any atom is -0.460 e. The van der Waals surface area contributed by atoms with E-state index in [-0.39, 0.29) is 12.4 Å². The van der Waals surface area contributed by atoms with Gasteiger partial charge in [-0.2, -0.15) is 13.2 Å². The summed E-state index contributed by atoms with van der Waals surface area (Å²) in [5, 5.41) is 0. The van der Waals surface area contributed by atoms with Crippen molar-refractivity contribution in [2.45, 2.75) is 43.9 Å². The molecule has 2 nitrogen and oxygen atoms in total. The lowest BCUT2D eigenvalue weighted by Gasteiger charge is -2.19. The molecule has 0 aliphatic rings.